The zero-order chi connectivity index (χ0) is 28.2. The average Bonchev–Trinajstić information content (AvgIpc) is 2.94. The number of aryl methyl sites for hydroxylation is 1. The second kappa shape index (κ2) is 12.1. The van der Waals surface area contributed by atoms with Crippen LogP contribution in [0.4, 0.5) is 11.4 Å². The van der Waals surface area contributed by atoms with Gasteiger partial charge in [-0.25, -0.2) is 0 Å². The van der Waals surface area contributed by atoms with Crippen molar-refractivity contribution in [2.24, 2.45) is 10.1 Å². The Kier molecular flexibility index (Phi) is 8.81. The number of nitrogens with one attached hydrogen (secondary N) is 1. The number of methoxy groups -OCH3 is 1. The van der Waals surface area contributed by atoms with E-state index in [0.717, 1.165) is 30.8 Å². The topological polar surface area (TPSA) is 132 Å². The highest BCUT2D eigenvalue weighted by atomic mass is 35.5. The van der Waals surface area contributed by atoms with Crippen LogP contribution in [0.1, 0.15) is 21.8 Å². The molecular formula is C27H37ClN6O4S. The van der Waals surface area contributed by atoms with Crippen LogP contribution in [-0.4, -0.2) is 76.8 Å². The summed E-state index contributed by atoms with van der Waals surface area (Å²) in [4.78, 5) is 19.6. The molecule has 0 unspecified atom stereocenters. The van der Waals surface area contributed by atoms with Gasteiger partial charge in [0, 0.05) is 58.1 Å². The Balaban J connectivity index is 0.00000294. The van der Waals surface area contributed by atoms with Gasteiger partial charge in [0.2, 0.25) is 11.8 Å². The summed E-state index contributed by atoms with van der Waals surface area (Å²) in [5.74, 6) is -0.329. The number of hydrogen-bond acceptors (Lipinski definition) is 7. The number of ether oxygens (including phenoxy) is 1. The van der Waals surface area contributed by atoms with E-state index in [9.17, 15) is 13.2 Å². The molecule has 4 rings (SSSR count). The number of halogens is 1. The van der Waals surface area contributed by atoms with Gasteiger partial charge in [0.05, 0.1) is 12.0 Å². The summed E-state index contributed by atoms with van der Waals surface area (Å²) in [6, 6.07) is 12.0. The zero-order valence-electron chi connectivity index (χ0n) is 22.0. The van der Waals surface area contributed by atoms with Crippen LogP contribution in [0.5, 0.6) is 0 Å². The molecule has 212 valence electrons. The van der Waals surface area contributed by atoms with Crippen LogP contribution < -0.4 is 15.5 Å². The summed E-state index contributed by atoms with van der Waals surface area (Å²) >= 11 is 6.18. The smallest absolute Gasteiger partial charge is 0.284 e. The number of nitrogens with zero attached hydrogens (tertiary/aromatic N) is 4. The van der Waals surface area contributed by atoms with Crippen LogP contribution in [-0.2, 0) is 26.0 Å². The third-order valence-corrected chi connectivity index (χ3v) is 8.52. The molecule has 3 N–H and O–H groups in total. The Morgan fingerprint density at radius 2 is 1.82 bits per heavy atom. The van der Waals surface area contributed by atoms with Gasteiger partial charge < -0.3 is 25.2 Å². The third-order valence-electron chi connectivity index (χ3n) is 6.96. The first-order chi connectivity index (χ1) is 18.6. The molecular weight excluding hydrogens is 540 g/mol. The lowest BCUT2D eigenvalue weighted by Crippen LogP contribution is -2.55. The second-order valence-electron chi connectivity index (χ2n) is 9.45. The van der Waals surface area contributed by atoms with Gasteiger partial charge in [-0.05, 0) is 73.9 Å². The second-order valence-corrected chi connectivity index (χ2v) is 11.5. The van der Waals surface area contributed by atoms with Crippen molar-refractivity contribution in [2.45, 2.75) is 30.7 Å². The highest BCUT2D eigenvalue weighted by Gasteiger charge is 2.31. The molecule has 10 nitrogen and oxygen atoms in total. The van der Waals surface area contributed by atoms with Gasteiger partial charge in [0.1, 0.15) is 11.9 Å². The van der Waals surface area contributed by atoms with E-state index in [1.54, 1.807) is 12.1 Å². The number of carbonyl (C=O) groups is 1. The van der Waals surface area contributed by atoms with Gasteiger partial charge in [0.15, 0.2) is 0 Å². The van der Waals surface area contributed by atoms with Crippen molar-refractivity contribution in [3.63, 3.8) is 0 Å². The number of hydrogen-bond donors (Lipinski definition) is 2. The quantitative estimate of drug-likeness (QED) is 0.380. The van der Waals surface area contributed by atoms with Crippen LogP contribution in [0.3, 0.4) is 0 Å². The number of sulfonamides is 1. The van der Waals surface area contributed by atoms with Crippen LogP contribution in [0.25, 0.3) is 0 Å². The number of carbonyl (C=O) groups excluding carboxylic acids is 1. The van der Waals surface area contributed by atoms with Gasteiger partial charge in [-0.2, -0.15) is 8.42 Å². The van der Waals surface area contributed by atoms with E-state index in [2.05, 4.69) is 18.9 Å². The van der Waals surface area contributed by atoms with Crippen molar-refractivity contribution in [1.82, 2.24) is 4.90 Å². The molecule has 0 aliphatic carbocycles. The lowest BCUT2D eigenvalue weighted by molar-refractivity contribution is -0.132. The lowest BCUT2D eigenvalue weighted by Gasteiger charge is -2.41. The Morgan fingerprint density at radius 1 is 1.13 bits per heavy atom. The maximum Gasteiger partial charge on any atom is 0.284 e. The highest BCUT2D eigenvalue weighted by molar-refractivity contribution is 7.90. The molecule has 2 aromatic carbocycles. The molecule has 1 amide bonds. The van der Waals surface area contributed by atoms with E-state index in [1.807, 2.05) is 30.0 Å². The molecule has 1 fully saturated rings. The normalized spacial score (nSPS) is 17.2. The summed E-state index contributed by atoms with van der Waals surface area (Å²) in [6.45, 7) is 5.22. The van der Waals surface area contributed by atoms with Gasteiger partial charge in [-0.15, -0.1) is 4.40 Å². The molecule has 2 aliphatic heterocycles. The Hall–Kier alpha value is -3.57. The van der Waals surface area contributed by atoms with Crippen molar-refractivity contribution in [3.8, 4) is 0 Å². The van der Waals surface area contributed by atoms with Crippen LogP contribution >= 0.6 is 11.6 Å². The number of piperazine rings is 1. The molecule has 2 aliphatic rings. The summed E-state index contributed by atoms with van der Waals surface area (Å²) in [6.07, 6.45) is 4.35. The monoisotopic (exact) mass is 576 g/mol. The van der Waals surface area contributed by atoms with E-state index >= 15 is 0 Å². The molecule has 0 radical (unpaired) electrons. The van der Waals surface area contributed by atoms with Crippen molar-refractivity contribution >= 4 is 50.6 Å². The van der Waals surface area contributed by atoms with Crippen LogP contribution in [0.15, 0.2) is 63.9 Å². The van der Waals surface area contributed by atoms with Crippen molar-refractivity contribution < 1.29 is 20.8 Å². The van der Waals surface area contributed by atoms with Gasteiger partial charge >= 0.3 is 0 Å². The van der Waals surface area contributed by atoms with E-state index in [-0.39, 0.29) is 31.4 Å². The molecule has 39 heavy (non-hydrogen) atoms. The maximum absolute atomic E-state index is 13.4. The molecule has 2 aromatic rings. The summed E-state index contributed by atoms with van der Waals surface area (Å²) in [5, 5.41) is 8.10. The van der Waals surface area contributed by atoms with Gasteiger partial charge in [0.25, 0.3) is 10.0 Å². The minimum Gasteiger partial charge on any atom is -0.481 e. The molecule has 0 saturated carbocycles. The van der Waals surface area contributed by atoms with E-state index < -0.39 is 10.0 Å². The minimum atomic E-state index is -4.01. The summed E-state index contributed by atoms with van der Waals surface area (Å²) in [5.41, 5.74) is 8.79. The largest absolute Gasteiger partial charge is 0.481 e. The fraction of sp³-hybridized carbons (Fsp3) is 0.370. The Labute approximate surface area is 237 Å². The Morgan fingerprint density at radius 3 is 2.49 bits per heavy atom. The average molecular weight is 577 g/mol. The molecule has 1 saturated heterocycles. The summed E-state index contributed by atoms with van der Waals surface area (Å²) in [7, 11) is -2.69. The van der Waals surface area contributed by atoms with E-state index in [0.29, 0.717) is 31.2 Å². The SMILES string of the molecule is COC(=N)/C=C\C(N)=NS(=O)(=O)c1ccc(N2CCN(C(=O)[C@@H](C)N3CCCc4cc(Cl)ccc43)CC2)cc1.[HH].[HH]. The molecule has 0 spiro atoms. The standard InChI is InChI=1S/C27H33ClN6O4S.2H2/c1-19(34-13-3-4-20-18-21(28)5-10-24(20)34)27(35)33-16-14-32(15-17-33)22-6-8-23(9-7-22)39(36,37)31-25(29)11-12-26(30)38-2;;/h5-12,18-19,30H,3-4,13-17H2,1-2H3,(H2,29,31);2*1H/b12-11-,30-26?;;/t19-;;/m1../s1. The molecule has 12 heteroatoms. The summed E-state index contributed by atoms with van der Waals surface area (Å²) < 4.78 is 33.4. The number of nitrogens with two attached hydrogens (primary N) is 1. The molecule has 0 aromatic heterocycles. The number of benzene rings is 2. The van der Waals surface area contributed by atoms with Gasteiger partial charge in [-0.3, -0.25) is 10.2 Å². The number of anilines is 2. The first-order valence-corrected chi connectivity index (χ1v) is 14.5. The van der Waals surface area contributed by atoms with Gasteiger partial charge in [-0.1, -0.05) is 11.6 Å². The first-order valence-electron chi connectivity index (χ1n) is 12.7. The van der Waals surface area contributed by atoms with Crippen LogP contribution in [0, 0.1) is 5.41 Å². The number of amides is 1. The molecule has 1 atom stereocenters. The molecule has 2 heterocycles. The third kappa shape index (κ3) is 6.72. The zero-order valence-corrected chi connectivity index (χ0v) is 23.6. The fourth-order valence-electron chi connectivity index (χ4n) is 4.86. The van der Waals surface area contributed by atoms with Crippen molar-refractivity contribution in [1.29, 1.82) is 5.41 Å². The fourth-order valence-corrected chi connectivity index (χ4v) is 5.98. The van der Waals surface area contributed by atoms with Crippen molar-refractivity contribution in [2.75, 3.05) is 49.6 Å². The Bertz CT molecular complexity index is 1400. The predicted octanol–water partition coefficient (Wildman–Crippen LogP) is 3.55. The lowest BCUT2D eigenvalue weighted by atomic mass is 10.00. The number of fused-ring (bicyclic) bond motifs is 1. The maximum atomic E-state index is 13.4. The predicted molar refractivity (Wildman–Crippen MR) is 159 cm³/mol. The van der Waals surface area contributed by atoms with E-state index in [4.69, 9.17) is 22.7 Å². The first kappa shape index (κ1) is 28.4. The van der Waals surface area contributed by atoms with Crippen LogP contribution in [0.2, 0.25) is 5.02 Å². The van der Waals surface area contributed by atoms with E-state index in [1.165, 1.54) is 37.0 Å². The minimum absolute atomic E-state index is 0. The number of rotatable bonds is 7. The highest BCUT2D eigenvalue weighted by Crippen LogP contribution is 2.31. The van der Waals surface area contributed by atoms with Crippen molar-refractivity contribution in [3.05, 3.63) is 65.2 Å². The molecule has 0 bridgehead atoms. The number of amidine groups is 1.